The summed E-state index contributed by atoms with van der Waals surface area (Å²) in [6, 6.07) is 9.34. The number of aryl methyl sites for hydroxylation is 3. The molecule has 0 aliphatic rings. The van der Waals surface area contributed by atoms with Gasteiger partial charge in [0.25, 0.3) is 0 Å². The third-order valence-corrected chi connectivity index (χ3v) is 4.31. The second kappa shape index (κ2) is 8.56. The molecular formula is C21H25N5O2. The van der Waals surface area contributed by atoms with Crippen LogP contribution in [0.2, 0.25) is 0 Å². The number of carbonyl (C=O) groups is 1. The number of nitrogens with zero attached hydrogens (tertiary/aromatic N) is 3. The van der Waals surface area contributed by atoms with Gasteiger partial charge in [0.2, 0.25) is 0 Å². The average Bonchev–Trinajstić information content (AvgIpc) is 3.07. The van der Waals surface area contributed by atoms with E-state index in [0.29, 0.717) is 19.0 Å². The summed E-state index contributed by atoms with van der Waals surface area (Å²) in [4.78, 5) is 16.8. The maximum absolute atomic E-state index is 12.3. The van der Waals surface area contributed by atoms with Crippen molar-refractivity contribution in [3.63, 3.8) is 0 Å². The van der Waals surface area contributed by atoms with Gasteiger partial charge >= 0.3 is 6.03 Å². The summed E-state index contributed by atoms with van der Waals surface area (Å²) in [5.41, 5.74) is 4.85. The molecule has 28 heavy (non-hydrogen) atoms. The summed E-state index contributed by atoms with van der Waals surface area (Å²) in [6.45, 7) is 6.81. The Morgan fingerprint density at radius 3 is 2.71 bits per heavy atom. The fourth-order valence-electron chi connectivity index (χ4n) is 2.93. The number of urea groups is 1. The molecule has 7 nitrogen and oxygen atoms in total. The Bertz CT molecular complexity index is 981. The van der Waals surface area contributed by atoms with E-state index >= 15 is 0 Å². The molecule has 0 unspecified atom stereocenters. The monoisotopic (exact) mass is 379 g/mol. The van der Waals surface area contributed by atoms with Gasteiger partial charge < -0.3 is 10.1 Å². The first-order valence-electron chi connectivity index (χ1n) is 9.20. The Morgan fingerprint density at radius 2 is 2.04 bits per heavy atom. The predicted molar refractivity (Wildman–Crippen MR) is 109 cm³/mol. The number of hydrogen-bond donors (Lipinski definition) is 2. The minimum absolute atomic E-state index is 0.316. The minimum atomic E-state index is -0.316. The number of anilines is 1. The molecule has 0 spiro atoms. The zero-order valence-electron chi connectivity index (χ0n) is 16.6. The predicted octanol–water partition coefficient (Wildman–Crippen LogP) is 3.82. The fourth-order valence-corrected chi connectivity index (χ4v) is 2.93. The second-order valence-corrected chi connectivity index (χ2v) is 6.58. The summed E-state index contributed by atoms with van der Waals surface area (Å²) < 4.78 is 7.40. The van der Waals surface area contributed by atoms with E-state index in [1.165, 1.54) is 0 Å². The lowest BCUT2D eigenvalue weighted by Gasteiger charge is -2.13. The molecule has 7 heteroatoms. The van der Waals surface area contributed by atoms with E-state index in [9.17, 15) is 4.79 Å². The minimum Gasteiger partial charge on any atom is -0.494 e. The van der Waals surface area contributed by atoms with Gasteiger partial charge in [0.05, 0.1) is 12.8 Å². The maximum Gasteiger partial charge on any atom is 0.320 e. The third kappa shape index (κ3) is 4.68. The maximum atomic E-state index is 12.3. The summed E-state index contributed by atoms with van der Waals surface area (Å²) in [5.74, 6) is 1.29. The molecule has 0 radical (unpaired) electrons. The Morgan fingerprint density at radius 1 is 1.21 bits per heavy atom. The number of amides is 2. The molecule has 0 aliphatic carbocycles. The molecule has 2 amide bonds. The van der Waals surface area contributed by atoms with Crippen LogP contribution in [0.15, 0.2) is 42.7 Å². The molecule has 1 aromatic carbocycles. The molecule has 2 aromatic heterocycles. The van der Waals surface area contributed by atoms with Crippen LogP contribution in [0.1, 0.15) is 23.7 Å². The van der Waals surface area contributed by atoms with Gasteiger partial charge in [0, 0.05) is 42.2 Å². The van der Waals surface area contributed by atoms with Gasteiger partial charge in [-0.1, -0.05) is 12.1 Å². The first-order chi connectivity index (χ1) is 13.5. The molecular weight excluding hydrogens is 354 g/mol. The summed E-state index contributed by atoms with van der Waals surface area (Å²) in [5, 5.41) is 9.81. The Kier molecular flexibility index (Phi) is 5.93. The first kappa shape index (κ1) is 19.4. The van der Waals surface area contributed by atoms with Gasteiger partial charge in [-0.05, 0) is 44.5 Å². The van der Waals surface area contributed by atoms with Crippen molar-refractivity contribution in [2.75, 3.05) is 11.9 Å². The van der Waals surface area contributed by atoms with E-state index in [-0.39, 0.29) is 6.03 Å². The van der Waals surface area contributed by atoms with Crippen molar-refractivity contribution in [1.29, 1.82) is 0 Å². The molecule has 0 fully saturated rings. The van der Waals surface area contributed by atoms with Crippen molar-refractivity contribution in [2.24, 2.45) is 7.05 Å². The molecule has 3 aromatic rings. The number of benzene rings is 1. The SMILES string of the molecule is CCOc1cc(C)ccc1CNC(=O)Nc1ccc(-c2cnn(C)c2)c(C)n1. The van der Waals surface area contributed by atoms with Crippen LogP contribution >= 0.6 is 0 Å². The topological polar surface area (TPSA) is 81.1 Å². The summed E-state index contributed by atoms with van der Waals surface area (Å²) >= 11 is 0. The van der Waals surface area contributed by atoms with Crippen molar-refractivity contribution in [1.82, 2.24) is 20.1 Å². The molecule has 0 bridgehead atoms. The number of aromatic nitrogens is 3. The van der Waals surface area contributed by atoms with Crippen LogP contribution in [0, 0.1) is 13.8 Å². The van der Waals surface area contributed by atoms with E-state index < -0.39 is 0 Å². The molecule has 0 saturated carbocycles. The third-order valence-electron chi connectivity index (χ3n) is 4.31. The lowest BCUT2D eigenvalue weighted by molar-refractivity contribution is 0.251. The molecule has 0 saturated heterocycles. The highest BCUT2D eigenvalue weighted by Gasteiger charge is 2.10. The fraction of sp³-hybridized carbons (Fsp3) is 0.286. The van der Waals surface area contributed by atoms with Crippen LogP contribution in [0.3, 0.4) is 0 Å². The van der Waals surface area contributed by atoms with Crippen LogP contribution in [-0.2, 0) is 13.6 Å². The first-order valence-corrected chi connectivity index (χ1v) is 9.20. The number of rotatable bonds is 6. The largest absolute Gasteiger partial charge is 0.494 e. The number of carbonyl (C=O) groups excluding carboxylic acids is 1. The van der Waals surface area contributed by atoms with E-state index in [1.54, 1.807) is 16.9 Å². The number of nitrogens with one attached hydrogen (secondary N) is 2. The highest BCUT2D eigenvalue weighted by molar-refractivity contribution is 5.88. The normalized spacial score (nSPS) is 10.6. The zero-order valence-corrected chi connectivity index (χ0v) is 16.6. The number of pyridine rings is 1. The quantitative estimate of drug-likeness (QED) is 0.682. The van der Waals surface area contributed by atoms with Crippen LogP contribution < -0.4 is 15.4 Å². The van der Waals surface area contributed by atoms with Crippen LogP contribution in [0.4, 0.5) is 10.6 Å². The Hall–Kier alpha value is -3.35. The second-order valence-electron chi connectivity index (χ2n) is 6.58. The molecule has 2 heterocycles. The zero-order chi connectivity index (χ0) is 20.1. The molecule has 146 valence electrons. The van der Waals surface area contributed by atoms with Gasteiger partial charge in [0.15, 0.2) is 0 Å². The molecule has 2 N–H and O–H groups in total. The van der Waals surface area contributed by atoms with Crippen molar-refractivity contribution in [3.05, 3.63) is 59.5 Å². The van der Waals surface area contributed by atoms with E-state index in [0.717, 1.165) is 33.7 Å². The van der Waals surface area contributed by atoms with Gasteiger partial charge in [-0.3, -0.25) is 10.00 Å². The van der Waals surface area contributed by atoms with E-state index in [2.05, 4.69) is 20.7 Å². The van der Waals surface area contributed by atoms with Crippen molar-refractivity contribution >= 4 is 11.8 Å². The van der Waals surface area contributed by atoms with E-state index in [4.69, 9.17) is 4.74 Å². The Labute approximate surface area is 164 Å². The van der Waals surface area contributed by atoms with Crippen molar-refractivity contribution in [3.8, 4) is 16.9 Å². The van der Waals surface area contributed by atoms with Gasteiger partial charge in [0.1, 0.15) is 11.6 Å². The van der Waals surface area contributed by atoms with Crippen LogP contribution in [0.25, 0.3) is 11.1 Å². The summed E-state index contributed by atoms with van der Waals surface area (Å²) in [7, 11) is 1.87. The molecule has 0 atom stereocenters. The van der Waals surface area contributed by atoms with Gasteiger partial charge in [-0.2, -0.15) is 5.10 Å². The van der Waals surface area contributed by atoms with Crippen LogP contribution in [-0.4, -0.2) is 27.4 Å². The standard InChI is InChI=1S/C21H25N5O2/c1-5-28-19-10-14(2)6-7-16(19)11-22-21(27)25-20-9-8-18(15(3)24-20)17-12-23-26(4)13-17/h6-10,12-13H,5,11H2,1-4H3,(H2,22,24,25,27). The smallest absolute Gasteiger partial charge is 0.320 e. The Balaban J connectivity index is 1.63. The van der Waals surface area contributed by atoms with Crippen molar-refractivity contribution < 1.29 is 9.53 Å². The molecule has 3 rings (SSSR count). The lowest BCUT2D eigenvalue weighted by atomic mass is 10.1. The molecule has 0 aliphatic heterocycles. The van der Waals surface area contributed by atoms with Crippen molar-refractivity contribution in [2.45, 2.75) is 27.3 Å². The van der Waals surface area contributed by atoms with Gasteiger partial charge in [-0.15, -0.1) is 0 Å². The number of hydrogen-bond acceptors (Lipinski definition) is 4. The average molecular weight is 379 g/mol. The van der Waals surface area contributed by atoms with Crippen LogP contribution in [0.5, 0.6) is 5.75 Å². The lowest BCUT2D eigenvalue weighted by Crippen LogP contribution is -2.28. The summed E-state index contributed by atoms with van der Waals surface area (Å²) in [6.07, 6.45) is 3.72. The number of ether oxygens (including phenoxy) is 1. The van der Waals surface area contributed by atoms with Gasteiger partial charge in [-0.25, -0.2) is 9.78 Å². The highest BCUT2D eigenvalue weighted by Crippen LogP contribution is 2.23. The highest BCUT2D eigenvalue weighted by atomic mass is 16.5. The van der Waals surface area contributed by atoms with E-state index in [1.807, 2.05) is 58.3 Å².